The van der Waals surface area contributed by atoms with Gasteiger partial charge in [0.05, 0.1) is 12.5 Å². The van der Waals surface area contributed by atoms with Gasteiger partial charge >= 0.3 is 0 Å². The van der Waals surface area contributed by atoms with Gasteiger partial charge in [-0.2, -0.15) is 0 Å². The number of thiophene rings is 1. The minimum absolute atomic E-state index is 0.0719. The summed E-state index contributed by atoms with van der Waals surface area (Å²) in [6, 6.07) is 12.7. The molecule has 2 aromatic carbocycles. The fraction of sp³-hybridized carbons (Fsp3) is 0.231. The maximum absolute atomic E-state index is 13.6. The molecule has 0 saturated carbocycles. The molecule has 0 aliphatic carbocycles. The quantitative estimate of drug-likeness (QED) is 0.365. The average molecular weight is 517 g/mol. The maximum Gasteiger partial charge on any atom is 0.243 e. The van der Waals surface area contributed by atoms with Gasteiger partial charge < -0.3 is 9.80 Å². The normalized spacial score (nSPS) is 15.0. The molecule has 0 saturated heterocycles. The number of halogens is 3. The van der Waals surface area contributed by atoms with Crippen LogP contribution in [0, 0.1) is 5.82 Å². The topological polar surface area (TPSA) is 40.6 Å². The predicted octanol–water partition coefficient (Wildman–Crippen LogP) is 5.93. The van der Waals surface area contributed by atoms with E-state index in [4.69, 9.17) is 23.2 Å². The third kappa shape index (κ3) is 5.35. The van der Waals surface area contributed by atoms with E-state index in [-0.39, 0.29) is 43.2 Å². The predicted molar refractivity (Wildman–Crippen MR) is 135 cm³/mol. The number of rotatable bonds is 7. The molecule has 34 heavy (non-hydrogen) atoms. The Balaban J connectivity index is 1.58. The van der Waals surface area contributed by atoms with Crippen LogP contribution in [0.1, 0.15) is 27.6 Å². The van der Waals surface area contributed by atoms with E-state index in [0.29, 0.717) is 22.2 Å². The lowest BCUT2D eigenvalue weighted by molar-refractivity contribution is -0.141. The van der Waals surface area contributed by atoms with Crippen molar-refractivity contribution in [1.29, 1.82) is 0 Å². The van der Waals surface area contributed by atoms with Gasteiger partial charge in [0, 0.05) is 28.0 Å². The van der Waals surface area contributed by atoms with Crippen LogP contribution in [0.15, 0.2) is 66.6 Å². The lowest BCUT2D eigenvalue weighted by atomic mass is 9.93. The maximum atomic E-state index is 13.6. The number of amides is 2. The Labute approximate surface area is 212 Å². The van der Waals surface area contributed by atoms with Gasteiger partial charge in [0.25, 0.3) is 0 Å². The first-order chi connectivity index (χ1) is 16.4. The zero-order valence-electron chi connectivity index (χ0n) is 18.3. The number of nitrogens with zero attached hydrogens (tertiary/aromatic N) is 2. The molecule has 0 bridgehead atoms. The zero-order valence-corrected chi connectivity index (χ0v) is 20.7. The van der Waals surface area contributed by atoms with E-state index in [1.807, 2.05) is 17.5 Å². The van der Waals surface area contributed by atoms with Crippen LogP contribution in [0.25, 0.3) is 0 Å². The second-order valence-corrected chi connectivity index (χ2v) is 9.92. The lowest BCUT2D eigenvalue weighted by Gasteiger charge is -2.38. The number of benzene rings is 2. The van der Waals surface area contributed by atoms with Crippen molar-refractivity contribution < 1.29 is 14.0 Å². The molecule has 8 heteroatoms. The van der Waals surface area contributed by atoms with Gasteiger partial charge in [-0.1, -0.05) is 47.5 Å². The highest BCUT2D eigenvalue weighted by Crippen LogP contribution is 2.41. The van der Waals surface area contributed by atoms with Crippen LogP contribution in [0.5, 0.6) is 0 Å². The van der Waals surface area contributed by atoms with Crippen molar-refractivity contribution in [2.24, 2.45) is 0 Å². The number of carbonyl (C=O) groups is 2. The fourth-order valence-corrected chi connectivity index (χ4v) is 5.61. The van der Waals surface area contributed by atoms with Gasteiger partial charge in [-0.25, -0.2) is 4.39 Å². The second-order valence-electron chi connectivity index (χ2n) is 8.07. The van der Waals surface area contributed by atoms with Gasteiger partial charge in [-0.15, -0.1) is 17.9 Å². The van der Waals surface area contributed by atoms with Gasteiger partial charge in [0.15, 0.2) is 0 Å². The van der Waals surface area contributed by atoms with E-state index in [2.05, 4.69) is 6.58 Å². The average Bonchev–Trinajstić information content (AvgIpc) is 3.29. The fourth-order valence-electron chi connectivity index (χ4n) is 4.20. The third-order valence-corrected chi connectivity index (χ3v) is 7.40. The largest absolute Gasteiger partial charge is 0.330 e. The van der Waals surface area contributed by atoms with E-state index < -0.39 is 0 Å². The van der Waals surface area contributed by atoms with Crippen LogP contribution in [0.3, 0.4) is 0 Å². The van der Waals surface area contributed by atoms with E-state index in [1.165, 1.54) is 21.9 Å². The number of carbonyl (C=O) groups excluding carboxylic acids is 2. The summed E-state index contributed by atoms with van der Waals surface area (Å²) in [4.78, 5) is 31.0. The summed E-state index contributed by atoms with van der Waals surface area (Å²) in [7, 11) is 0. The van der Waals surface area contributed by atoms with E-state index in [0.717, 1.165) is 17.5 Å². The molecule has 1 unspecified atom stereocenters. The smallest absolute Gasteiger partial charge is 0.243 e. The Hall–Kier alpha value is -2.67. The number of hydrogen-bond acceptors (Lipinski definition) is 3. The summed E-state index contributed by atoms with van der Waals surface area (Å²) in [5.74, 6) is -0.768. The van der Waals surface area contributed by atoms with Crippen LogP contribution in [-0.4, -0.2) is 41.2 Å². The number of fused-ring (bicyclic) bond motifs is 1. The van der Waals surface area contributed by atoms with E-state index in [1.54, 1.807) is 46.6 Å². The van der Waals surface area contributed by atoms with Crippen molar-refractivity contribution in [2.45, 2.75) is 18.9 Å². The summed E-state index contributed by atoms with van der Waals surface area (Å²) in [6.07, 6.45) is 2.41. The Bertz CT molecular complexity index is 1210. The molecule has 0 radical (unpaired) electrons. The molecule has 3 aromatic rings. The summed E-state index contributed by atoms with van der Waals surface area (Å²) in [5, 5.41) is 3.03. The van der Waals surface area contributed by atoms with Crippen LogP contribution in [0.4, 0.5) is 4.39 Å². The minimum atomic E-state index is -0.362. The SMILES string of the molecule is C=CCN(CC(=O)N1CCc2sccc2C1c1ccc(Cl)cc1Cl)C(=O)Cc1ccc(F)cc1. The van der Waals surface area contributed by atoms with Crippen LogP contribution >= 0.6 is 34.5 Å². The Morgan fingerprint density at radius 1 is 1.15 bits per heavy atom. The van der Waals surface area contributed by atoms with Crippen molar-refractivity contribution in [3.05, 3.63) is 104 Å². The molecule has 4 rings (SSSR count). The Morgan fingerprint density at radius 2 is 1.91 bits per heavy atom. The first-order valence-corrected chi connectivity index (χ1v) is 12.4. The molecule has 4 nitrogen and oxygen atoms in total. The van der Waals surface area contributed by atoms with Crippen LogP contribution in [0.2, 0.25) is 10.0 Å². The summed E-state index contributed by atoms with van der Waals surface area (Å²) >= 11 is 14.3. The van der Waals surface area contributed by atoms with Crippen molar-refractivity contribution in [3.8, 4) is 0 Å². The van der Waals surface area contributed by atoms with E-state index >= 15 is 0 Å². The van der Waals surface area contributed by atoms with Crippen LogP contribution < -0.4 is 0 Å². The van der Waals surface area contributed by atoms with E-state index in [9.17, 15) is 14.0 Å². The molecule has 0 N–H and O–H groups in total. The van der Waals surface area contributed by atoms with Gasteiger partial charge in [0.1, 0.15) is 12.4 Å². The Kier molecular flexibility index (Phi) is 7.71. The van der Waals surface area contributed by atoms with Crippen molar-refractivity contribution in [1.82, 2.24) is 9.80 Å². The molecule has 1 atom stereocenters. The monoisotopic (exact) mass is 516 g/mol. The molecule has 0 spiro atoms. The summed E-state index contributed by atoms with van der Waals surface area (Å²) in [5.41, 5.74) is 2.52. The molecule has 176 valence electrons. The first kappa shape index (κ1) is 24.5. The molecule has 1 aliphatic rings. The van der Waals surface area contributed by atoms with Gasteiger partial charge in [-0.05, 0) is 58.8 Å². The molecular formula is C26H23Cl2FN2O2S. The van der Waals surface area contributed by atoms with Crippen molar-refractivity contribution in [2.75, 3.05) is 19.6 Å². The molecule has 1 aliphatic heterocycles. The third-order valence-electron chi connectivity index (χ3n) is 5.84. The molecule has 0 fully saturated rings. The summed E-state index contributed by atoms with van der Waals surface area (Å²) in [6.45, 7) is 4.39. The molecule has 2 amide bonds. The highest BCUT2D eigenvalue weighted by atomic mass is 35.5. The molecule has 2 heterocycles. The minimum Gasteiger partial charge on any atom is -0.330 e. The van der Waals surface area contributed by atoms with Gasteiger partial charge in [0.2, 0.25) is 11.8 Å². The zero-order chi connectivity index (χ0) is 24.2. The highest BCUT2D eigenvalue weighted by molar-refractivity contribution is 7.10. The summed E-state index contributed by atoms with van der Waals surface area (Å²) < 4.78 is 13.2. The highest BCUT2D eigenvalue weighted by Gasteiger charge is 2.35. The van der Waals surface area contributed by atoms with Crippen molar-refractivity contribution >= 4 is 46.4 Å². The van der Waals surface area contributed by atoms with Gasteiger partial charge in [-0.3, -0.25) is 9.59 Å². The Morgan fingerprint density at radius 3 is 2.62 bits per heavy atom. The first-order valence-electron chi connectivity index (χ1n) is 10.8. The number of hydrogen-bond donors (Lipinski definition) is 0. The standard InChI is InChI=1S/C26H23Cl2FN2O2S/c1-2-11-30(24(32)14-17-3-6-19(29)7-4-17)16-25(33)31-12-9-23-21(10-13-34-23)26(31)20-8-5-18(27)15-22(20)28/h2-8,10,13,15,26H,1,9,11-12,14,16H2. The lowest BCUT2D eigenvalue weighted by Crippen LogP contribution is -2.47. The van der Waals surface area contributed by atoms with Crippen molar-refractivity contribution in [3.63, 3.8) is 0 Å². The van der Waals surface area contributed by atoms with Crippen LogP contribution in [-0.2, 0) is 22.4 Å². The second kappa shape index (κ2) is 10.7. The molecule has 1 aromatic heterocycles. The molecular weight excluding hydrogens is 494 g/mol.